The summed E-state index contributed by atoms with van der Waals surface area (Å²) >= 11 is 0. The maximum Gasteiger partial charge on any atom is 0.143 e. The van der Waals surface area contributed by atoms with E-state index in [4.69, 9.17) is 4.42 Å². The number of hydrogen-bond donors (Lipinski definition) is 0. The molecule has 0 N–H and O–H groups in total. The van der Waals surface area contributed by atoms with Crippen molar-refractivity contribution in [2.24, 2.45) is 0 Å². The highest BCUT2D eigenvalue weighted by molar-refractivity contribution is 6.19. The van der Waals surface area contributed by atoms with Crippen molar-refractivity contribution in [1.29, 1.82) is 0 Å². The van der Waals surface area contributed by atoms with E-state index in [1.54, 1.807) is 0 Å². The topological polar surface area (TPSA) is 16.4 Å². The molecule has 0 saturated carbocycles. The van der Waals surface area contributed by atoms with Gasteiger partial charge in [0.1, 0.15) is 11.2 Å². The number of anilines is 3. The molecule has 0 fully saturated rings. The van der Waals surface area contributed by atoms with E-state index in [0.29, 0.717) is 0 Å². The molecule has 0 atom stereocenters. The number of para-hydroxylation sites is 2. The molecule has 11 aromatic rings. The fourth-order valence-corrected chi connectivity index (χ4v) is 9.20. The summed E-state index contributed by atoms with van der Waals surface area (Å²) in [5, 5.41) is 9.88. The van der Waals surface area contributed by atoms with Crippen LogP contribution in [0.25, 0.3) is 98.8 Å². The Balaban J connectivity index is 1.03. The highest BCUT2D eigenvalue weighted by atomic mass is 16.3. The van der Waals surface area contributed by atoms with Gasteiger partial charge < -0.3 is 9.32 Å². The molecular formula is C54H33NO. The fraction of sp³-hybridized carbons (Fsp3) is 0. The summed E-state index contributed by atoms with van der Waals surface area (Å²) in [4.78, 5) is 2.43. The molecule has 0 bridgehead atoms. The van der Waals surface area contributed by atoms with Crippen LogP contribution >= 0.6 is 0 Å². The molecule has 1 aliphatic carbocycles. The molecule has 56 heavy (non-hydrogen) atoms. The number of hydrogen-bond acceptors (Lipinski definition) is 2. The van der Waals surface area contributed by atoms with Gasteiger partial charge in [-0.25, -0.2) is 0 Å². The molecule has 1 heterocycles. The van der Waals surface area contributed by atoms with E-state index >= 15 is 0 Å². The highest BCUT2D eigenvalue weighted by Crippen LogP contribution is 2.51. The van der Waals surface area contributed by atoms with E-state index in [1.165, 1.54) is 65.7 Å². The van der Waals surface area contributed by atoms with Crippen LogP contribution in [0.4, 0.5) is 17.1 Å². The van der Waals surface area contributed by atoms with Gasteiger partial charge in [0, 0.05) is 33.1 Å². The summed E-state index contributed by atoms with van der Waals surface area (Å²) in [5.41, 5.74) is 14.9. The van der Waals surface area contributed by atoms with Gasteiger partial charge in [0.05, 0.1) is 5.69 Å². The Morgan fingerprint density at radius 3 is 1.82 bits per heavy atom. The second kappa shape index (κ2) is 12.0. The Kier molecular flexibility index (Phi) is 6.66. The smallest absolute Gasteiger partial charge is 0.143 e. The van der Waals surface area contributed by atoms with Gasteiger partial charge in [-0.3, -0.25) is 0 Å². The van der Waals surface area contributed by atoms with Crippen LogP contribution < -0.4 is 4.90 Å². The lowest BCUT2D eigenvalue weighted by Gasteiger charge is -2.28. The molecule has 0 amide bonds. The van der Waals surface area contributed by atoms with Crippen molar-refractivity contribution >= 4 is 71.3 Å². The fourth-order valence-electron chi connectivity index (χ4n) is 9.20. The highest BCUT2D eigenvalue weighted by Gasteiger charge is 2.25. The van der Waals surface area contributed by atoms with Crippen molar-refractivity contribution in [3.8, 4) is 44.5 Å². The average molecular weight is 712 g/mol. The number of benzene rings is 10. The van der Waals surface area contributed by atoms with Gasteiger partial charge >= 0.3 is 0 Å². The van der Waals surface area contributed by atoms with Crippen molar-refractivity contribution in [2.75, 3.05) is 4.90 Å². The quantitative estimate of drug-likeness (QED) is 0.165. The van der Waals surface area contributed by atoms with Crippen molar-refractivity contribution in [1.82, 2.24) is 0 Å². The van der Waals surface area contributed by atoms with Crippen LogP contribution in [0.1, 0.15) is 0 Å². The molecule has 1 aliphatic rings. The van der Waals surface area contributed by atoms with Gasteiger partial charge in [-0.1, -0.05) is 158 Å². The molecule has 2 nitrogen and oxygen atoms in total. The normalized spacial score (nSPS) is 11.9. The van der Waals surface area contributed by atoms with Crippen LogP contribution in [0.3, 0.4) is 0 Å². The molecule has 2 heteroatoms. The molecule has 0 spiro atoms. The van der Waals surface area contributed by atoms with Crippen LogP contribution in [0.15, 0.2) is 205 Å². The van der Waals surface area contributed by atoms with E-state index in [1.807, 2.05) is 12.1 Å². The Bertz CT molecular complexity index is 3340. The van der Waals surface area contributed by atoms with E-state index < -0.39 is 0 Å². The number of rotatable bonds is 5. The summed E-state index contributed by atoms with van der Waals surface area (Å²) in [6.45, 7) is 0. The largest absolute Gasteiger partial charge is 0.455 e. The molecule has 0 saturated heterocycles. The average Bonchev–Trinajstić information content (AvgIpc) is 3.81. The Morgan fingerprint density at radius 1 is 0.321 bits per heavy atom. The summed E-state index contributed by atoms with van der Waals surface area (Å²) in [6.07, 6.45) is 0. The minimum Gasteiger partial charge on any atom is -0.455 e. The summed E-state index contributed by atoms with van der Waals surface area (Å²) < 4.78 is 6.45. The summed E-state index contributed by atoms with van der Waals surface area (Å²) in [5.74, 6) is 0. The lowest BCUT2D eigenvalue weighted by atomic mass is 9.96. The van der Waals surface area contributed by atoms with Crippen LogP contribution in [-0.4, -0.2) is 0 Å². The number of fused-ring (bicyclic) bond motifs is 9. The molecule has 0 aliphatic heterocycles. The molecule has 0 radical (unpaired) electrons. The number of furan rings is 1. The monoisotopic (exact) mass is 711 g/mol. The maximum atomic E-state index is 6.45. The standard InChI is InChI=1S/C54H33NO/c1-2-13-41-34(10-1)22-23-38-32-37(26-29-42(38)41)36-11-7-12-40(33-36)55(51-31-30-48-45-15-4-3-14-44(45)47-18-9-20-50(51)53(47)48)39-27-24-35(25-28-39)43-17-8-19-49-46-16-5-6-21-52(46)56-54(43)49/h1-33H. The van der Waals surface area contributed by atoms with E-state index in [0.717, 1.165) is 50.1 Å². The third-order valence-corrected chi connectivity index (χ3v) is 11.8. The first-order chi connectivity index (χ1) is 27.8. The van der Waals surface area contributed by atoms with E-state index in [-0.39, 0.29) is 0 Å². The Labute approximate surface area is 324 Å². The first kappa shape index (κ1) is 31.0. The van der Waals surface area contributed by atoms with E-state index in [9.17, 15) is 0 Å². The minimum absolute atomic E-state index is 0.909. The lowest BCUT2D eigenvalue weighted by Crippen LogP contribution is -2.10. The van der Waals surface area contributed by atoms with Crippen LogP contribution in [0.2, 0.25) is 0 Å². The minimum atomic E-state index is 0.909. The molecular weight excluding hydrogens is 679 g/mol. The summed E-state index contributed by atoms with van der Waals surface area (Å²) in [6, 6.07) is 72.8. The van der Waals surface area contributed by atoms with Crippen molar-refractivity contribution < 1.29 is 4.42 Å². The Morgan fingerprint density at radius 2 is 0.946 bits per heavy atom. The van der Waals surface area contributed by atoms with Gasteiger partial charge in [0.15, 0.2) is 0 Å². The van der Waals surface area contributed by atoms with Crippen LogP contribution in [-0.2, 0) is 0 Å². The summed E-state index contributed by atoms with van der Waals surface area (Å²) in [7, 11) is 0. The van der Waals surface area contributed by atoms with Gasteiger partial charge in [0.25, 0.3) is 0 Å². The van der Waals surface area contributed by atoms with E-state index in [2.05, 4.69) is 193 Å². The van der Waals surface area contributed by atoms with Gasteiger partial charge in [-0.05, 0) is 108 Å². The second-order valence-corrected chi connectivity index (χ2v) is 14.8. The predicted octanol–water partition coefficient (Wildman–Crippen LogP) is 15.5. The molecule has 1 aromatic heterocycles. The second-order valence-electron chi connectivity index (χ2n) is 14.8. The number of nitrogens with zero attached hydrogens (tertiary/aromatic N) is 1. The third kappa shape index (κ3) is 4.63. The van der Waals surface area contributed by atoms with Crippen molar-refractivity contribution in [3.05, 3.63) is 200 Å². The van der Waals surface area contributed by atoms with Crippen LogP contribution in [0, 0.1) is 0 Å². The molecule has 12 rings (SSSR count). The lowest BCUT2D eigenvalue weighted by molar-refractivity contribution is 0.670. The zero-order valence-electron chi connectivity index (χ0n) is 30.4. The SMILES string of the molecule is c1cc(-c2ccc3c(ccc4ccccc43)c2)cc(N(c2ccc(-c3cccc4c3oc3ccccc34)cc2)c2ccc3c4c(cccc24)-c2ccccc2-3)c1. The van der Waals surface area contributed by atoms with Crippen molar-refractivity contribution in [2.45, 2.75) is 0 Å². The van der Waals surface area contributed by atoms with Gasteiger partial charge in [0.2, 0.25) is 0 Å². The molecule has 260 valence electrons. The predicted molar refractivity (Wildman–Crippen MR) is 236 cm³/mol. The van der Waals surface area contributed by atoms with Gasteiger partial charge in [-0.2, -0.15) is 0 Å². The Hall–Kier alpha value is -7.42. The van der Waals surface area contributed by atoms with Crippen molar-refractivity contribution in [3.63, 3.8) is 0 Å². The zero-order chi connectivity index (χ0) is 36.7. The zero-order valence-corrected chi connectivity index (χ0v) is 30.4. The van der Waals surface area contributed by atoms with Gasteiger partial charge in [-0.15, -0.1) is 0 Å². The first-order valence-corrected chi connectivity index (χ1v) is 19.3. The maximum absolute atomic E-state index is 6.45. The molecule has 10 aromatic carbocycles. The molecule has 0 unspecified atom stereocenters. The third-order valence-electron chi connectivity index (χ3n) is 11.8. The first-order valence-electron chi connectivity index (χ1n) is 19.3. The van der Waals surface area contributed by atoms with Crippen LogP contribution in [0.5, 0.6) is 0 Å².